The van der Waals surface area contributed by atoms with Gasteiger partial charge in [-0.2, -0.15) is 0 Å². The molecule has 0 amide bonds. The summed E-state index contributed by atoms with van der Waals surface area (Å²) in [5.74, 6) is 0. The normalized spacial score (nSPS) is 9.86. The Kier molecular flexibility index (Phi) is 5.06. The number of aryl methyl sites for hydroxylation is 1. The lowest BCUT2D eigenvalue weighted by atomic mass is 10.1. The zero-order valence-electron chi connectivity index (χ0n) is 9.29. The van der Waals surface area contributed by atoms with E-state index in [0.717, 1.165) is 0 Å². The molecule has 1 rings (SSSR count). The van der Waals surface area contributed by atoms with E-state index in [1.54, 1.807) is 0 Å². The first-order valence-electron chi connectivity index (χ1n) is 5.46. The quantitative estimate of drug-likeness (QED) is 0.475. The van der Waals surface area contributed by atoms with Crippen molar-refractivity contribution in [1.29, 1.82) is 0 Å². The molecule has 0 nitrogen and oxygen atoms in total. The molecule has 0 N–H and O–H groups in total. The van der Waals surface area contributed by atoms with Gasteiger partial charge in [-0.3, -0.25) is 0 Å². The number of benzene rings is 1. The SMILES string of the molecule is CC(C)=CCCCCc1ccccc1. The average molecular weight is 188 g/mol. The maximum atomic E-state index is 2.32. The van der Waals surface area contributed by atoms with Crippen LogP contribution < -0.4 is 0 Å². The lowest BCUT2D eigenvalue weighted by Gasteiger charge is -1.99. The summed E-state index contributed by atoms with van der Waals surface area (Å²) < 4.78 is 0. The van der Waals surface area contributed by atoms with Gasteiger partial charge in [0.25, 0.3) is 0 Å². The van der Waals surface area contributed by atoms with Gasteiger partial charge in [-0.25, -0.2) is 0 Å². The summed E-state index contributed by atoms with van der Waals surface area (Å²) in [6.45, 7) is 4.33. The molecule has 0 bridgehead atoms. The zero-order chi connectivity index (χ0) is 10.2. The fourth-order valence-corrected chi connectivity index (χ4v) is 1.51. The molecule has 0 radical (unpaired) electrons. The molecule has 1 aromatic rings. The predicted molar refractivity (Wildman–Crippen MR) is 63.4 cm³/mol. The van der Waals surface area contributed by atoms with Crippen LogP contribution in [0.5, 0.6) is 0 Å². The second-order valence-electron chi connectivity index (χ2n) is 4.01. The molecule has 0 aliphatic carbocycles. The van der Waals surface area contributed by atoms with Gasteiger partial charge < -0.3 is 0 Å². The van der Waals surface area contributed by atoms with E-state index in [2.05, 4.69) is 50.3 Å². The standard InChI is InChI=1S/C14H20/c1-13(2)9-5-3-6-10-14-11-7-4-8-12-14/h4,7-9,11-12H,3,5-6,10H2,1-2H3. The summed E-state index contributed by atoms with van der Waals surface area (Å²) in [6, 6.07) is 10.7. The van der Waals surface area contributed by atoms with Crippen LogP contribution in [-0.4, -0.2) is 0 Å². The highest BCUT2D eigenvalue weighted by Gasteiger charge is 1.90. The first kappa shape index (κ1) is 11.0. The van der Waals surface area contributed by atoms with Crippen molar-refractivity contribution in [3.63, 3.8) is 0 Å². The molecule has 0 heteroatoms. The summed E-state index contributed by atoms with van der Waals surface area (Å²) in [5, 5.41) is 0. The minimum absolute atomic E-state index is 1.22. The lowest BCUT2D eigenvalue weighted by Crippen LogP contribution is -1.84. The van der Waals surface area contributed by atoms with Gasteiger partial charge in [0, 0.05) is 0 Å². The molecule has 0 unspecified atom stereocenters. The molecule has 0 fully saturated rings. The van der Waals surface area contributed by atoms with E-state index in [9.17, 15) is 0 Å². The molecule has 76 valence electrons. The van der Waals surface area contributed by atoms with E-state index in [-0.39, 0.29) is 0 Å². The molecule has 0 saturated heterocycles. The largest absolute Gasteiger partial charge is 0.0859 e. The molecule has 1 aromatic carbocycles. The fourth-order valence-electron chi connectivity index (χ4n) is 1.51. The highest BCUT2D eigenvalue weighted by Crippen LogP contribution is 2.07. The molecular weight excluding hydrogens is 168 g/mol. The van der Waals surface area contributed by atoms with Crippen LogP contribution in [0, 0.1) is 0 Å². The molecule has 0 aliphatic rings. The van der Waals surface area contributed by atoms with Crippen molar-refractivity contribution in [2.75, 3.05) is 0 Å². The Hall–Kier alpha value is -1.04. The zero-order valence-corrected chi connectivity index (χ0v) is 9.29. The van der Waals surface area contributed by atoms with Crippen LogP contribution in [0.15, 0.2) is 42.0 Å². The van der Waals surface area contributed by atoms with Gasteiger partial charge in [0.1, 0.15) is 0 Å². The smallest absolute Gasteiger partial charge is 0.0279 e. The minimum atomic E-state index is 1.22. The Morgan fingerprint density at radius 3 is 2.43 bits per heavy atom. The summed E-state index contributed by atoms with van der Waals surface area (Å²) in [5.41, 5.74) is 2.90. The van der Waals surface area contributed by atoms with Crippen LogP contribution >= 0.6 is 0 Å². The van der Waals surface area contributed by atoms with Gasteiger partial charge in [-0.05, 0) is 45.1 Å². The third kappa shape index (κ3) is 4.86. The van der Waals surface area contributed by atoms with Crippen molar-refractivity contribution in [2.45, 2.75) is 39.5 Å². The van der Waals surface area contributed by atoms with Gasteiger partial charge in [0.05, 0.1) is 0 Å². The molecule has 0 spiro atoms. The third-order valence-electron chi connectivity index (χ3n) is 2.31. The third-order valence-corrected chi connectivity index (χ3v) is 2.31. The van der Waals surface area contributed by atoms with Crippen LogP contribution in [0.2, 0.25) is 0 Å². The monoisotopic (exact) mass is 188 g/mol. The fraction of sp³-hybridized carbons (Fsp3) is 0.429. The molecule has 0 atom stereocenters. The Morgan fingerprint density at radius 2 is 1.79 bits per heavy atom. The van der Waals surface area contributed by atoms with Gasteiger partial charge in [0.2, 0.25) is 0 Å². The van der Waals surface area contributed by atoms with Gasteiger partial charge in [0.15, 0.2) is 0 Å². The summed E-state index contributed by atoms with van der Waals surface area (Å²) >= 11 is 0. The Bertz CT molecular complexity index is 265. The van der Waals surface area contributed by atoms with E-state index >= 15 is 0 Å². The van der Waals surface area contributed by atoms with Gasteiger partial charge in [-0.1, -0.05) is 42.0 Å². The van der Waals surface area contributed by atoms with Crippen LogP contribution in [0.1, 0.15) is 38.7 Å². The molecule has 0 aromatic heterocycles. The van der Waals surface area contributed by atoms with Crippen LogP contribution in [0.25, 0.3) is 0 Å². The van der Waals surface area contributed by atoms with Crippen molar-refractivity contribution in [1.82, 2.24) is 0 Å². The first-order chi connectivity index (χ1) is 6.79. The van der Waals surface area contributed by atoms with Crippen LogP contribution in [-0.2, 0) is 6.42 Å². The molecule has 14 heavy (non-hydrogen) atoms. The lowest BCUT2D eigenvalue weighted by molar-refractivity contribution is 0.745. The summed E-state index contributed by atoms with van der Waals surface area (Å²) in [6.07, 6.45) is 7.38. The molecule has 0 heterocycles. The average Bonchev–Trinajstić information content (AvgIpc) is 2.18. The van der Waals surface area contributed by atoms with Crippen LogP contribution in [0.4, 0.5) is 0 Å². The first-order valence-corrected chi connectivity index (χ1v) is 5.46. The second-order valence-corrected chi connectivity index (χ2v) is 4.01. The minimum Gasteiger partial charge on any atom is -0.0859 e. The van der Waals surface area contributed by atoms with Crippen LogP contribution in [0.3, 0.4) is 0 Å². The maximum Gasteiger partial charge on any atom is -0.0279 e. The number of allylic oxidation sites excluding steroid dienone is 2. The van der Waals surface area contributed by atoms with Crippen molar-refractivity contribution in [2.24, 2.45) is 0 Å². The second kappa shape index (κ2) is 6.42. The van der Waals surface area contributed by atoms with E-state index < -0.39 is 0 Å². The molecule has 0 aliphatic heterocycles. The Labute approximate surface area is 87.7 Å². The van der Waals surface area contributed by atoms with Crippen molar-refractivity contribution in [3.05, 3.63) is 47.5 Å². The summed E-state index contributed by atoms with van der Waals surface area (Å²) in [7, 11) is 0. The number of unbranched alkanes of at least 4 members (excludes halogenated alkanes) is 2. The topological polar surface area (TPSA) is 0 Å². The van der Waals surface area contributed by atoms with Crippen molar-refractivity contribution < 1.29 is 0 Å². The maximum absolute atomic E-state index is 2.32. The summed E-state index contributed by atoms with van der Waals surface area (Å²) in [4.78, 5) is 0. The predicted octanol–water partition coefficient (Wildman–Crippen LogP) is 4.37. The van der Waals surface area contributed by atoms with Crippen molar-refractivity contribution in [3.8, 4) is 0 Å². The van der Waals surface area contributed by atoms with Gasteiger partial charge >= 0.3 is 0 Å². The Balaban J connectivity index is 2.14. The van der Waals surface area contributed by atoms with Gasteiger partial charge in [-0.15, -0.1) is 0 Å². The number of hydrogen-bond acceptors (Lipinski definition) is 0. The van der Waals surface area contributed by atoms with E-state index in [1.807, 2.05) is 0 Å². The highest BCUT2D eigenvalue weighted by atomic mass is 14.0. The molecular formula is C14H20. The van der Waals surface area contributed by atoms with E-state index in [1.165, 1.54) is 36.8 Å². The van der Waals surface area contributed by atoms with E-state index in [0.29, 0.717) is 0 Å². The van der Waals surface area contributed by atoms with Crippen molar-refractivity contribution >= 4 is 0 Å². The number of hydrogen-bond donors (Lipinski definition) is 0. The Morgan fingerprint density at radius 1 is 1.07 bits per heavy atom. The van der Waals surface area contributed by atoms with E-state index in [4.69, 9.17) is 0 Å². The number of rotatable bonds is 5. The molecule has 0 saturated carbocycles. The highest BCUT2D eigenvalue weighted by molar-refractivity contribution is 5.14.